The van der Waals surface area contributed by atoms with Gasteiger partial charge in [0, 0.05) is 11.5 Å². The average molecular weight is 309 g/mol. The molecule has 1 aliphatic rings. The summed E-state index contributed by atoms with van der Waals surface area (Å²) in [5, 5.41) is 8.36. The van der Waals surface area contributed by atoms with Gasteiger partial charge in [0.05, 0.1) is 10.9 Å². The molecule has 0 aromatic heterocycles. The lowest BCUT2D eigenvalue weighted by atomic mass is 10.1. The van der Waals surface area contributed by atoms with Crippen molar-refractivity contribution in [3.8, 4) is 5.75 Å². The number of hydrogen-bond acceptors (Lipinski definition) is 3. The van der Waals surface area contributed by atoms with Crippen molar-refractivity contribution >= 4 is 23.4 Å². The van der Waals surface area contributed by atoms with Crippen LogP contribution in [-0.4, -0.2) is 23.2 Å². The number of ether oxygens (including phenoxy) is 1. The van der Waals surface area contributed by atoms with E-state index < -0.39 is 35.7 Å². The van der Waals surface area contributed by atoms with Gasteiger partial charge in [-0.25, -0.2) is 0 Å². The van der Waals surface area contributed by atoms with Gasteiger partial charge in [0.15, 0.2) is 5.78 Å². The molecule has 108 valence electrons. The number of benzene rings is 1. The van der Waals surface area contributed by atoms with Gasteiger partial charge in [-0.05, 0) is 24.6 Å². The molecule has 1 aromatic carbocycles. The Bertz CT molecular complexity index is 570. The van der Waals surface area contributed by atoms with Crippen molar-refractivity contribution in [3.63, 3.8) is 0 Å². The summed E-state index contributed by atoms with van der Waals surface area (Å²) in [6, 6.07) is 3.11. The van der Waals surface area contributed by atoms with Crippen LogP contribution in [0.3, 0.4) is 0 Å². The molecule has 1 saturated carbocycles. The normalized spacial score (nSPS) is 21.4. The van der Waals surface area contributed by atoms with Crippen LogP contribution in [0.2, 0.25) is 5.02 Å². The molecule has 0 spiro atoms. The van der Waals surface area contributed by atoms with E-state index in [4.69, 9.17) is 16.7 Å². The molecule has 2 rings (SSSR count). The molecule has 0 amide bonds. The van der Waals surface area contributed by atoms with Crippen LogP contribution in [0.15, 0.2) is 18.2 Å². The molecular weight excluding hydrogens is 301 g/mol. The maximum atomic E-state index is 12.0. The fourth-order valence-electron chi connectivity index (χ4n) is 1.83. The Morgan fingerprint density at radius 1 is 1.30 bits per heavy atom. The second kappa shape index (κ2) is 4.97. The number of carbonyl (C=O) groups excluding carboxylic acids is 1. The second-order valence-electron chi connectivity index (χ2n) is 4.34. The van der Waals surface area contributed by atoms with Gasteiger partial charge in [-0.3, -0.25) is 9.59 Å². The summed E-state index contributed by atoms with van der Waals surface area (Å²) in [4.78, 5) is 22.5. The highest BCUT2D eigenvalue weighted by Gasteiger charge is 2.48. The van der Waals surface area contributed by atoms with Crippen molar-refractivity contribution in [2.24, 2.45) is 11.8 Å². The lowest BCUT2D eigenvalue weighted by molar-refractivity contribution is -0.274. The minimum absolute atomic E-state index is 0.0678. The fourth-order valence-corrected chi connectivity index (χ4v) is 2.05. The van der Waals surface area contributed by atoms with Gasteiger partial charge in [0.1, 0.15) is 5.75 Å². The van der Waals surface area contributed by atoms with Crippen molar-refractivity contribution in [2.75, 3.05) is 0 Å². The Morgan fingerprint density at radius 2 is 1.95 bits per heavy atom. The van der Waals surface area contributed by atoms with Crippen LogP contribution in [0.5, 0.6) is 5.75 Å². The minimum atomic E-state index is -4.87. The first-order valence-electron chi connectivity index (χ1n) is 5.51. The number of aliphatic carboxylic acids is 1. The van der Waals surface area contributed by atoms with Crippen LogP contribution in [0.4, 0.5) is 13.2 Å². The third kappa shape index (κ3) is 3.22. The van der Waals surface area contributed by atoms with Gasteiger partial charge in [-0.15, -0.1) is 13.2 Å². The summed E-state index contributed by atoms with van der Waals surface area (Å²) in [5.74, 6) is -3.49. The van der Waals surface area contributed by atoms with Crippen LogP contribution < -0.4 is 4.74 Å². The summed E-state index contributed by atoms with van der Waals surface area (Å²) in [5.41, 5.74) is 0.0678. The van der Waals surface area contributed by atoms with Crippen molar-refractivity contribution in [1.29, 1.82) is 0 Å². The van der Waals surface area contributed by atoms with Gasteiger partial charge in [-0.2, -0.15) is 0 Å². The Hall–Kier alpha value is -1.76. The second-order valence-corrected chi connectivity index (χ2v) is 4.75. The molecule has 20 heavy (non-hydrogen) atoms. The highest BCUT2D eigenvalue weighted by molar-refractivity contribution is 6.32. The molecule has 0 heterocycles. The van der Waals surface area contributed by atoms with Gasteiger partial charge in [-0.1, -0.05) is 11.6 Å². The molecule has 0 radical (unpaired) electrons. The summed E-state index contributed by atoms with van der Waals surface area (Å²) < 4.78 is 39.8. The van der Waals surface area contributed by atoms with E-state index in [0.717, 1.165) is 18.2 Å². The lowest BCUT2D eigenvalue weighted by Crippen LogP contribution is -2.17. The SMILES string of the molecule is O=C(O)[C@H]1C[C@@H]1C(=O)c1ccc(OC(F)(F)F)c(Cl)c1. The molecular formula is C12H8ClF3O4. The fraction of sp³-hybridized carbons (Fsp3) is 0.333. The first-order chi connectivity index (χ1) is 9.19. The monoisotopic (exact) mass is 308 g/mol. The first-order valence-corrected chi connectivity index (χ1v) is 5.89. The molecule has 0 aliphatic heterocycles. The van der Waals surface area contributed by atoms with E-state index in [0.29, 0.717) is 0 Å². The number of rotatable bonds is 4. The van der Waals surface area contributed by atoms with E-state index in [9.17, 15) is 22.8 Å². The van der Waals surface area contributed by atoms with Crippen LogP contribution in [-0.2, 0) is 4.79 Å². The van der Waals surface area contributed by atoms with E-state index in [1.165, 1.54) is 0 Å². The summed E-state index contributed by atoms with van der Waals surface area (Å²) >= 11 is 5.61. The van der Waals surface area contributed by atoms with Gasteiger partial charge in [0.25, 0.3) is 0 Å². The third-order valence-electron chi connectivity index (χ3n) is 2.89. The van der Waals surface area contributed by atoms with Crippen molar-refractivity contribution in [3.05, 3.63) is 28.8 Å². The standard InChI is InChI=1S/C12H8ClF3O4/c13-8-3-5(1-2-9(8)20-12(14,15)16)10(17)6-4-7(6)11(18)19/h1-3,6-7H,4H2,(H,18,19)/t6-,7-/m0/s1. The third-order valence-corrected chi connectivity index (χ3v) is 3.18. The highest BCUT2D eigenvalue weighted by Crippen LogP contribution is 2.42. The zero-order chi connectivity index (χ0) is 15.1. The van der Waals surface area contributed by atoms with Gasteiger partial charge in [0.2, 0.25) is 0 Å². The number of carbonyl (C=O) groups is 2. The number of halogens is 4. The lowest BCUT2D eigenvalue weighted by Gasteiger charge is -2.11. The average Bonchev–Trinajstić information content (AvgIpc) is 3.09. The van der Waals surface area contributed by atoms with E-state index in [1.807, 2.05) is 0 Å². The van der Waals surface area contributed by atoms with Crippen LogP contribution in [0, 0.1) is 11.8 Å². The Morgan fingerprint density at radius 3 is 2.40 bits per heavy atom. The highest BCUT2D eigenvalue weighted by atomic mass is 35.5. The summed E-state index contributed by atoms with van der Waals surface area (Å²) in [6.07, 6.45) is -4.65. The predicted octanol–water partition coefficient (Wildman–Crippen LogP) is 3.14. The van der Waals surface area contributed by atoms with Crippen LogP contribution in [0.1, 0.15) is 16.8 Å². The molecule has 8 heteroatoms. The van der Waals surface area contributed by atoms with Gasteiger partial charge >= 0.3 is 12.3 Å². The molecule has 2 atom stereocenters. The Labute approximate surface area is 116 Å². The zero-order valence-electron chi connectivity index (χ0n) is 9.78. The van der Waals surface area contributed by atoms with E-state index in [-0.39, 0.29) is 17.0 Å². The Kier molecular flexibility index (Phi) is 3.64. The zero-order valence-corrected chi connectivity index (χ0v) is 10.5. The smallest absolute Gasteiger partial charge is 0.481 e. The largest absolute Gasteiger partial charge is 0.573 e. The number of hydrogen-bond donors (Lipinski definition) is 1. The first kappa shape index (κ1) is 14.6. The minimum Gasteiger partial charge on any atom is -0.481 e. The number of Topliss-reactive ketones (excluding diaryl/α,β-unsaturated/α-hetero) is 1. The summed E-state index contributed by atoms with van der Waals surface area (Å²) in [6.45, 7) is 0. The van der Waals surface area contributed by atoms with Gasteiger partial charge < -0.3 is 9.84 Å². The molecule has 0 saturated heterocycles. The van der Waals surface area contributed by atoms with E-state index in [2.05, 4.69) is 4.74 Å². The maximum absolute atomic E-state index is 12.0. The van der Waals surface area contributed by atoms with Crippen LogP contribution >= 0.6 is 11.6 Å². The molecule has 0 unspecified atom stereocenters. The Balaban J connectivity index is 2.14. The topological polar surface area (TPSA) is 63.6 Å². The summed E-state index contributed by atoms with van der Waals surface area (Å²) in [7, 11) is 0. The van der Waals surface area contributed by atoms with E-state index >= 15 is 0 Å². The van der Waals surface area contributed by atoms with Crippen molar-refractivity contribution in [2.45, 2.75) is 12.8 Å². The van der Waals surface area contributed by atoms with E-state index in [1.54, 1.807) is 0 Å². The molecule has 1 aliphatic carbocycles. The van der Waals surface area contributed by atoms with Crippen molar-refractivity contribution in [1.82, 2.24) is 0 Å². The number of carboxylic acids is 1. The number of alkyl halides is 3. The molecule has 1 aromatic rings. The molecule has 0 bridgehead atoms. The van der Waals surface area contributed by atoms with Crippen molar-refractivity contribution < 1.29 is 32.6 Å². The molecule has 1 N–H and O–H groups in total. The number of carboxylic acid groups (broad SMARTS) is 1. The molecule has 1 fully saturated rings. The predicted molar refractivity (Wildman–Crippen MR) is 61.7 cm³/mol. The van der Waals surface area contributed by atoms with Crippen LogP contribution in [0.25, 0.3) is 0 Å². The maximum Gasteiger partial charge on any atom is 0.573 e. The molecule has 4 nitrogen and oxygen atoms in total. The number of ketones is 1. The quantitative estimate of drug-likeness (QED) is 0.868.